The van der Waals surface area contributed by atoms with Crippen molar-refractivity contribution in [2.45, 2.75) is 19.1 Å². The Morgan fingerprint density at radius 1 is 1.33 bits per heavy atom. The normalized spacial score (nSPS) is 13.0. The first-order chi connectivity index (χ1) is 9.77. The molecule has 1 atom stereocenters. The summed E-state index contributed by atoms with van der Waals surface area (Å²) >= 11 is 0. The molecule has 0 saturated heterocycles. The zero-order chi connectivity index (χ0) is 15.6. The molecule has 0 aromatic carbocycles. The maximum Gasteiger partial charge on any atom is 0.433 e. The summed E-state index contributed by atoms with van der Waals surface area (Å²) < 4.78 is 37.2. The van der Waals surface area contributed by atoms with E-state index in [-0.39, 0.29) is 5.69 Å². The van der Waals surface area contributed by atoms with E-state index in [1.165, 1.54) is 17.1 Å². The maximum atomic E-state index is 12.4. The first-order valence-corrected chi connectivity index (χ1v) is 5.97. The zero-order valence-corrected chi connectivity index (χ0v) is 11.2. The standard InChI is InChI=1S/C12H12F3N5O/c1-7(18-11(21)9-6-17-20(2)19-9)8-3-4-10(16-5-8)12(13,14)15/h3-7H,1-2H3,(H,18,21)/t7-/m1/s1. The lowest BCUT2D eigenvalue weighted by Crippen LogP contribution is -2.27. The number of rotatable bonds is 3. The molecule has 2 aromatic heterocycles. The SMILES string of the molecule is C[C@@H](NC(=O)c1cnn(C)n1)c1ccc(C(F)(F)F)nc1. The molecule has 2 heterocycles. The lowest BCUT2D eigenvalue weighted by atomic mass is 10.1. The Bertz CT molecular complexity index is 635. The van der Waals surface area contributed by atoms with E-state index in [0.717, 1.165) is 12.3 Å². The Kier molecular flexibility index (Phi) is 3.92. The van der Waals surface area contributed by atoms with Crippen molar-refractivity contribution in [1.29, 1.82) is 0 Å². The van der Waals surface area contributed by atoms with Gasteiger partial charge in [-0.3, -0.25) is 9.78 Å². The number of halogens is 3. The Morgan fingerprint density at radius 3 is 2.52 bits per heavy atom. The number of aromatic nitrogens is 4. The highest BCUT2D eigenvalue weighted by atomic mass is 19.4. The van der Waals surface area contributed by atoms with Crippen LogP contribution in [-0.2, 0) is 13.2 Å². The topological polar surface area (TPSA) is 72.7 Å². The van der Waals surface area contributed by atoms with Crippen LogP contribution in [0.1, 0.15) is 34.7 Å². The van der Waals surface area contributed by atoms with E-state index in [0.29, 0.717) is 5.56 Å². The van der Waals surface area contributed by atoms with Gasteiger partial charge in [-0.25, -0.2) is 0 Å². The lowest BCUT2D eigenvalue weighted by Gasteiger charge is -2.14. The smallest absolute Gasteiger partial charge is 0.344 e. The highest BCUT2D eigenvalue weighted by Crippen LogP contribution is 2.27. The van der Waals surface area contributed by atoms with Crippen LogP contribution in [0.4, 0.5) is 13.2 Å². The summed E-state index contributed by atoms with van der Waals surface area (Å²) in [6.45, 7) is 1.64. The number of carbonyl (C=O) groups excluding carboxylic acids is 1. The van der Waals surface area contributed by atoms with E-state index in [9.17, 15) is 18.0 Å². The second-order valence-corrected chi connectivity index (χ2v) is 4.39. The number of nitrogens with zero attached hydrogens (tertiary/aromatic N) is 4. The van der Waals surface area contributed by atoms with Gasteiger partial charge in [0, 0.05) is 13.2 Å². The van der Waals surface area contributed by atoms with Crippen molar-refractivity contribution in [2.75, 3.05) is 0 Å². The third-order valence-electron chi connectivity index (χ3n) is 2.76. The molecule has 0 spiro atoms. The first-order valence-electron chi connectivity index (χ1n) is 5.97. The van der Waals surface area contributed by atoms with Crippen LogP contribution in [0, 0.1) is 0 Å². The largest absolute Gasteiger partial charge is 0.433 e. The van der Waals surface area contributed by atoms with Crippen molar-refractivity contribution >= 4 is 5.91 Å². The predicted molar refractivity (Wildman–Crippen MR) is 66.1 cm³/mol. The molecular weight excluding hydrogens is 287 g/mol. The molecule has 0 aliphatic rings. The zero-order valence-electron chi connectivity index (χ0n) is 11.2. The van der Waals surface area contributed by atoms with Crippen molar-refractivity contribution < 1.29 is 18.0 Å². The molecular formula is C12H12F3N5O. The Labute approximate surface area is 118 Å². The molecule has 9 heteroatoms. The van der Waals surface area contributed by atoms with E-state index in [1.54, 1.807) is 14.0 Å². The number of carbonyl (C=O) groups is 1. The van der Waals surface area contributed by atoms with E-state index in [4.69, 9.17) is 0 Å². The van der Waals surface area contributed by atoms with Crippen LogP contribution >= 0.6 is 0 Å². The molecule has 2 rings (SSSR count). The Balaban J connectivity index is 2.06. The minimum atomic E-state index is -4.48. The Morgan fingerprint density at radius 2 is 2.05 bits per heavy atom. The molecule has 0 fully saturated rings. The van der Waals surface area contributed by atoms with Gasteiger partial charge in [-0.2, -0.15) is 23.1 Å². The van der Waals surface area contributed by atoms with Crippen molar-refractivity contribution in [3.63, 3.8) is 0 Å². The van der Waals surface area contributed by atoms with E-state index >= 15 is 0 Å². The van der Waals surface area contributed by atoms with Gasteiger partial charge >= 0.3 is 6.18 Å². The molecule has 112 valence electrons. The van der Waals surface area contributed by atoms with Crippen molar-refractivity contribution in [2.24, 2.45) is 7.05 Å². The summed E-state index contributed by atoms with van der Waals surface area (Å²) in [5, 5.41) is 10.2. The fraction of sp³-hybridized carbons (Fsp3) is 0.333. The number of amides is 1. The molecule has 2 aromatic rings. The van der Waals surface area contributed by atoms with Crippen molar-refractivity contribution in [3.8, 4) is 0 Å². The molecule has 21 heavy (non-hydrogen) atoms. The number of pyridine rings is 1. The molecule has 0 bridgehead atoms. The Hall–Kier alpha value is -2.45. The van der Waals surface area contributed by atoms with Crippen LogP contribution in [0.5, 0.6) is 0 Å². The number of nitrogens with one attached hydrogen (secondary N) is 1. The molecule has 0 aliphatic carbocycles. The minimum Gasteiger partial charge on any atom is -0.344 e. The van der Waals surface area contributed by atoms with Crippen molar-refractivity contribution in [1.82, 2.24) is 25.3 Å². The molecule has 0 saturated carbocycles. The van der Waals surface area contributed by atoms with E-state index in [1.807, 2.05) is 0 Å². The summed E-state index contributed by atoms with van der Waals surface area (Å²) in [5.74, 6) is -0.463. The monoisotopic (exact) mass is 299 g/mol. The summed E-state index contributed by atoms with van der Waals surface area (Å²) in [5.41, 5.74) is -0.386. The average Bonchev–Trinajstić information content (AvgIpc) is 2.84. The summed E-state index contributed by atoms with van der Waals surface area (Å²) in [6.07, 6.45) is -2.10. The molecule has 6 nitrogen and oxygen atoms in total. The van der Waals surface area contributed by atoms with Crippen LogP contribution in [0.2, 0.25) is 0 Å². The lowest BCUT2D eigenvalue weighted by molar-refractivity contribution is -0.141. The second-order valence-electron chi connectivity index (χ2n) is 4.39. The van der Waals surface area contributed by atoms with Crippen LogP contribution in [0.3, 0.4) is 0 Å². The highest BCUT2D eigenvalue weighted by molar-refractivity contribution is 5.92. The molecule has 0 radical (unpaired) electrons. The second kappa shape index (κ2) is 5.51. The molecule has 0 aliphatic heterocycles. The van der Waals surface area contributed by atoms with Crippen LogP contribution < -0.4 is 5.32 Å². The van der Waals surface area contributed by atoms with Gasteiger partial charge < -0.3 is 5.32 Å². The van der Waals surface area contributed by atoms with Gasteiger partial charge in [0.1, 0.15) is 5.69 Å². The fourth-order valence-corrected chi connectivity index (χ4v) is 1.63. The van der Waals surface area contributed by atoms with E-state index in [2.05, 4.69) is 20.5 Å². The van der Waals surface area contributed by atoms with Gasteiger partial charge in [0.15, 0.2) is 5.69 Å². The third-order valence-corrected chi connectivity index (χ3v) is 2.76. The van der Waals surface area contributed by atoms with Gasteiger partial charge in [-0.15, -0.1) is 5.10 Å². The van der Waals surface area contributed by atoms with Crippen LogP contribution in [0.25, 0.3) is 0 Å². The summed E-state index contributed by atoms with van der Waals surface area (Å²) in [7, 11) is 1.57. The molecule has 1 amide bonds. The quantitative estimate of drug-likeness (QED) is 0.936. The van der Waals surface area contributed by atoms with Crippen LogP contribution in [-0.4, -0.2) is 25.9 Å². The van der Waals surface area contributed by atoms with Gasteiger partial charge in [0.05, 0.1) is 12.2 Å². The molecule has 1 N–H and O–H groups in total. The number of aryl methyl sites for hydroxylation is 1. The molecule has 0 unspecified atom stereocenters. The number of alkyl halides is 3. The van der Waals surface area contributed by atoms with Gasteiger partial charge in [0.2, 0.25) is 0 Å². The minimum absolute atomic E-state index is 0.129. The van der Waals surface area contributed by atoms with Gasteiger partial charge in [-0.1, -0.05) is 6.07 Å². The predicted octanol–water partition coefficient (Wildman–Crippen LogP) is 1.72. The third kappa shape index (κ3) is 3.56. The van der Waals surface area contributed by atoms with Gasteiger partial charge in [-0.05, 0) is 18.6 Å². The maximum absolute atomic E-state index is 12.4. The van der Waals surface area contributed by atoms with Crippen LogP contribution in [0.15, 0.2) is 24.5 Å². The van der Waals surface area contributed by atoms with Crippen molar-refractivity contribution in [3.05, 3.63) is 41.5 Å². The fourth-order valence-electron chi connectivity index (χ4n) is 1.63. The number of hydrogen-bond acceptors (Lipinski definition) is 4. The summed E-state index contributed by atoms with van der Waals surface area (Å²) in [4.78, 5) is 16.4. The average molecular weight is 299 g/mol. The highest BCUT2D eigenvalue weighted by Gasteiger charge is 2.32. The summed E-state index contributed by atoms with van der Waals surface area (Å²) in [6, 6.07) is 1.65. The van der Waals surface area contributed by atoms with Gasteiger partial charge in [0.25, 0.3) is 5.91 Å². The van der Waals surface area contributed by atoms with E-state index < -0.39 is 23.8 Å². The first kappa shape index (κ1) is 14.9. The number of hydrogen-bond donors (Lipinski definition) is 1.